The maximum Gasteiger partial charge on any atom is 0.201 e. The molecule has 4 aromatic rings. The van der Waals surface area contributed by atoms with Crippen molar-refractivity contribution >= 4 is 23.3 Å². The first-order valence-corrected chi connectivity index (χ1v) is 18.6. The number of nitrogens with zero attached hydrogens (tertiary/aromatic N) is 6. The minimum absolute atomic E-state index is 0.0335. The molecule has 4 aliphatic heterocycles. The molecular formula is C43H46N6. The molecule has 248 valence electrons. The predicted octanol–water partition coefficient (Wildman–Crippen LogP) is 7.87. The number of guanidine groups is 2. The molecule has 6 heteroatoms. The standard InChI is InChI=1S/C43H46N6/c1-42(2,3)29-12-15-33-32-10-4-5-11-36(32)43(37(33)26-29)38-27-30(48-24-8-22-46-20-6-18-44-40(46)48)13-16-34(38)35-17-14-31(28-39(35)43)49-25-9-23-47-21-7-19-45-41(47)49/h4-5,10-17,26-28H,6-9,18-25H2,1-3H3. The minimum Gasteiger partial charge on any atom is -0.342 e. The fourth-order valence-electron chi connectivity index (χ4n) is 9.71. The van der Waals surface area contributed by atoms with E-state index in [2.05, 4.69) is 119 Å². The monoisotopic (exact) mass is 646 g/mol. The minimum atomic E-state index is -0.419. The van der Waals surface area contributed by atoms with Crippen molar-refractivity contribution in [3.8, 4) is 22.3 Å². The van der Waals surface area contributed by atoms with Crippen molar-refractivity contribution in [2.24, 2.45) is 9.98 Å². The molecule has 4 aromatic carbocycles. The van der Waals surface area contributed by atoms with Crippen LogP contribution in [-0.2, 0) is 10.8 Å². The van der Waals surface area contributed by atoms with Crippen molar-refractivity contribution in [1.82, 2.24) is 9.80 Å². The molecule has 0 unspecified atom stereocenters. The van der Waals surface area contributed by atoms with Crippen LogP contribution in [-0.4, -0.2) is 74.1 Å². The highest BCUT2D eigenvalue weighted by Crippen LogP contribution is 2.64. The quantitative estimate of drug-likeness (QED) is 0.192. The van der Waals surface area contributed by atoms with Gasteiger partial charge in [0.05, 0.1) is 5.41 Å². The van der Waals surface area contributed by atoms with Crippen molar-refractivity contribution in [1.29, 1.82) is 0 Å². The lowest BCUT2D eigenvalue weighted by Gasteiger charge is -2.42. The highest BCUT2D eigenvalue weighted by molar-refractivity contribution is 6.02. The lowest BCUT2D eigenvalue weighted by atomic mass is 9.69. The van der Waals surface area contributed by atoms with Crippen molar-refractivity contribution in [2.45, 2.75) is 57.3 Å². The van der Waals surface area contributed by atoms with Crippen LogP contribution in [0.1, 0.15) is 74.3 Å². The zero-order valence-corrected chi connectivity index (χ0v) is 29.2. The van der Waals surface area contributed by atoms with Gasteiger partial charge in [-0.25, -0.2) is 0 Å². The smallest absolute Gasteiger partial charge is 0.201 e. The fourth-order valence-corrected chi connectivity index (χ4v) is 9.71. The largest absolute Gasteiger partial charge is 0.342 e. The number of rotatable bonds is 2. The van der Waals surface area contributed by atoms with E-state index < -0.39 is 5.41 Å². The molecular weight excluding hydrogens is 601 g/mol. The van der Waals surface area contributed by atoms with Crippen LogP contribution in [0.15, 0.2) is 88.8 Å². The van der Waals surface area contributed by atoms with Crippen LogP contribution >= 0.6 is 0 Å². The van der Waals surface area contributed by atoms with Gasteiger partial charge in [-0.15, -0.1) is 0 Å². The summed E-state index contributed by atoms with van der Waals surface area (Å²) >= 11 is 0. The van der Waals surface area contributed by atoms with Gasteiger partial charge in [-0.1, -0.05) is 75.4 Å². The van der Waals surface area contributed by atoms with Gasteiger partial charge < -0.3 is 19.6 Å². The number of aliphatic imine (C=N–C) groups is 2. The highest BCUT2D eigenvalue weighted by Gasteiger charge is 2.52. The Morgan fingerprint density at radius 2 is 1.00 bits per heavy atom. The number of hydrogen-bond donors (Lipinski definition) is 0. The van der Waals surface area contributed by atoms with Gasteiger partial charge >= 0.3 is 0 Å². The van der Waals surface area contributed by atoms with Gasteiger partial charge in [-0.2, -0.15) is 0 Å². The lowest BCUT2D eigenvalue weighted by molar-refractivity contribution is 0.360. The Labute approximate surface area is 290 Å². The summed E-state index contributed by atoms with van der Waals surface area (Å²) < 4.78 is 0. The Kier molecular flexibility index (Phi) is 6.41. The molecule has 1 spiro atoms. The molecule has 6 nitrogen and oxygen atoms in total. The van der Waals surface area contributed by atoms with Crippen LogP contribution in [0.25, 0.3) is 22.3 Å². The van der Waals surface area contributed by atoms with E-state index in [0.717, 1.165) is 90.0 Å². The summed E-state index contributed by atoms with van der Waals surface area (Å²) in [4.78, 5) is 20.2. The number of benzene rings is 4. The summed E-state index contributed by atoms with van der Waals surface area (Å²) in [6.45, 7) is 15.3. The van der Waals surface area contributed by atoms with Crippen LogP contribution in [0.2, 0.25) is 0 Å². The second-order valence-electron chi connectivity index (χ2n) is 15.8. The maximum absolute atomic E-state index is 5.09. The molecule has 49 heavy (non-hydrogen) atoms. The Morgan fingerprint density at radius 3 is 1.57 bits per heavy atom. The maximum atomic E-state index is 5.09. The van der Waals surface area contributed by atoms with Gasteiger partial charge in [-0.3, -0.25) is 9.98 Å². The second kappa shape index (κ2) is 10.7. The van der Waals surface area contributed by atoms with E-state index in [9.17, 15) is 0 Å². The summed E-state index contributed by atoms with van der Waals surface area (Å²) in [7, 11) is 0. The molecule has 2 aliphatic carbocycles. The molecule has 0 amide bonds. The fraction of sp³-hybridized carbons (Fsp3) is 0.395. The van der Waals surface area contributed by atoms with E-state index in [0.29, 0.717) is 0 Å². The van der Waals surface area contributed by atoms with Gasteiger partial charge in [0.2, 0.25) is 11.9 Å². The average Bonchev–Trinajstić information content (AvgIpc) is 3.60. The van der Waals surface area contributed by atoms with Crippen molar-refractivity contribution in [3.63, 3.8) is 0 Å². The first-order valence-electron chi connectivity index (χ1n) is 18.6. The molecule has 10 rings (SSSR count). The van der Waals surface area contributed by atoms with Gasteiger partial charge in [0.25, 0.3) is 0 Å². The zero-order chi connectivity index (χ0) is 32.9. The Hall–Kier alpha value is -4.58. The van der Waals surface area contributed by atoms with Crippen molar-refractivity contribution in [3.05, 3.63) is 107 Å². The van der Waals surface area contributed by atoms with Crippen LogP contribution in [0.4, 0.5) is 11.4 Å². The molecule has 0 radical (unpaired) electrons. The summed E-state index contributed by atoms with van der Waals surface area (Å²) in [5.41, 5.74) is 14.6. The molecule has 0 aromatic heterocycles. The van der Waals surface area contributed by atoms with Crippen LogP contribution in [0.3, 0.4) is 0 Å². The topological polar surface area (TPSA) is 37.7 Å². The second-order valence-corrected chi connectivity index (χ2v) is 15.8. The van der Waals surface area contributed by atoms with Crippen LogP contribution in [0.5, 0.6) is 0 Å². The predicted molar refractivity (Wildman–Crippen MR) is 202 cm³/mol. The normalized spacial score (nSPS) is 20.2. The molecule has 2 fully saturated rings. The third kappa shape index (κ3) is 4.18. The average molecular weight is 647 g/mol. The molecule has 0 N–H and O–H groups in total. The molecule has 4 heterocycles. The first kappa shape index (κ1) is 29.3. The van der Waals surface area contributed by atoms with Crippen molar-refractivity contribution in [2.75, 3.05) is 62.2 Å². The molecule has 2 saturated heterocycles. The highest BCUT2D eigenvalue weighted by atomic mass is 15.4. The Balaban J connectivity index is 1.24. The van der Waals surface area contributed by atoms with E-state index in [-0.39, 0.29) is 5.41 Å². The van der Waals surface area contributed by atoms with Gasteiger partial charge in [0.15, 0.2) is 0 Å². The van der Waals surface area contributed by atoms with E-state index in [1.807, 2.05) is 0 Å². The SMILES string of the molecule is CC(C)(C)c1ccc2c(c1)C1(c3ccccc3-2)c2cc(N3CCCN4CCCN=C43)ccc2-c2ccc(N3CCCN4CCCN=C43)cc21. The lowest BCUT2D eigenvalue weighted by Crippen LogP contribution is -2.52. The van der Waals surface area contributed by atoms with E-state index in [1.54, 1.807) is 0 Å². The number of fused-ring (bicyclic) bond motifs is 12. The first-order chi connectivity index (χ1) is 23.9. The van der Waals surface area contributed by atoms with E-state index in [4.69, 9.17) is 9.98 Å². The third-order valence-electron chi connectivity index (χ3n) is 12.0. The molecule has 0 saturated carbocycles. The van der Waals surface area contributed by atoms with Crippen molar-refractivity contribution < 1.29 is 0 Å². The summed E-state index contributed by atoms with van der Waals surface area (Å²) in [6.07, 6.45) is 4.60. The van der Waals surface area contributed by atoms with Crippen LogP contribution in [0, 0.1) is 0 Å². The molecule has 6 aliphatic rings. The number of hydrogen-bond acceptors (Lipinski definition) is 6. The molecule has 0 bridgehead atoms. The zero-order valence-electron chi connectivity index (χ0n) is 29.2. The van der Waals surface area contributed by atoms with Crippen LogP contribution < -0.4 is 9.80 Å². The number of anilines is 2. The molecule has 0 atom stereocenters. The van der Waals surface area contributed by atoms with Gasteiger partial charge in [0, 0.05) is 63.7 Å². The van der Waals surface area contributed by atoms with E-state index in [1.165, 1.54) is 61.4 Å². The van der Waals surface area contributed by atoms with Gasteiger partial charge in [-0.05, 0) is 105 Å². The summed E-state index contributed by atoms with van der Waals surface area (Å²) in [5.74, 6) is 2.32. The summed E-state index contributed by atoms with van der Waals surface area (Å²) in [5, 5.41) is 0. The summed E-state index contributed by atoms with van der Waals surface area (Å²) in [6, 6.07) is 31.2. The Bertz CT molecular complexity index is 1980. The third-order valence-corrected chi connectivity index (χ3v) is 12.0. The Morgan fingerprint density at radius 1 is 0.510 bits per heavy atom. The van der Waals surface area contributed by atoms with Gasteiger partial charge in [0.1, 0.15) is 0 Å². The van der Waals surface area contributed by atoms with E-state index >= 15 is 0 Å².